The number of carbonyl (C=O) groups is 2. The molecule has 9 rings (SSSR count). The van der Waals surface area contributed by atoms with Gasteiger partial charge in [0.25, 0.3) is 0 Å². The molecule has 4 saturated carbocycles. The minimum Gasteiger partial charge on any atom is -0.481 e. The van der Waals surface area contributed by atoms with Crippen LogP contribution in [0.2, 0.25) is 0 Å². The van der Waals surface area contributed by atoms with E-state index in [-0.39, 0.29) is 40.1 Å². The first-order chi connectivity index (χ1) is 35.0. The molecule has 0 aromatic rings. The van der Waals surface area contributed by atoms with Gasteiger partial charge in [0, 0.05) is 6.92 Å². The highest BCUT2D eigenvalue weighted by molar-refractivity contribution is 5.76. The summed E-state index contributed by atoms with van der Waals surface area (Å²) in [6, 6.07) is 0. The lowest BCUT2D eigenvalue weighted by Crippen LogP contribution is -2.67. The molecule has 9 aliphatic rings. The standard InChI is InChI=1S/C54H86O21/c1-24-34(59)41(74-46-39(64)42(70-25(2)56)40(30(21-55)71-46)73-44-37(62)35(60)28(57)22-67-44)38(63)45(69-24)75-43-36(61)29(58)23-68-47(43)72-33-13-14-51(7)31(50(33,5)6)12-15-53(9)32(51)11-10-26-27-20-49(3,4)16-18-54(27,48(65)66)19-17-52(26,53)8/h10,24,27-47,55,57-64H,11-23H2,1-9H3,(H,65,66)/t24-,27-,28-,29-,30+,31-,32+,33-,34-,35-,36-,37+,38+,39+,40+,41+,42+,43+,44-,45-,46-,47-,51-,52+,53+,54-/m0/s1. The molecule has 75 heavy (non-hydrogen) atoms. The molecule has 26 atom stereocenters. The van der Waals surface area contributed by atoms with Crippen molar-refractivity contribution in [1.29, 1.82) is 0 Å². The maximum absolute atomic E-state index is 13.2. The van der Waals surface area contributed by atoms with Crippen molar-refractivity contribution < 1.29 is 103 Å². The fourth-order valence-corrected chi connectivity index (χ4v) is 16.3. The first-order valence-electron chi connectivity index (χ1n) is 27.4. The number of hydrogen-bond acceptors (Lipinski definition) is 20. The number of carboxylic acid groups (broad SMARTS) is 1. The van der Waals surface area contributed by atoms with Crippen LogP contribution in [0, 0.1) is 50.2 Å². The Balaban J connectivity index is 0.903. The van der Waals surface area contributed by atoms with Gasteiger partial charge in [0.1, 0.15) is 73.2 Å². The van der Waals surface area contributed by atoms with Crippen molar-refractivity contribution in [1.82, 2.24) is 0 Å². The van der Waals surface area contributed by atoms with Crippen LogP contribution in [0.15, 0.2) is 11.6 Å². The van der Waals surface area contributed by atoms with Crippen LogP contribution < -0.4 is 0 Å². The third-order valence-electron chi connectivity index (χ3n) is 20.9. The van der Waals surface area contributed by atoms with E-state index in [9.17, 15) is 60.7 Å². The molecule has 21 nitrogen and oxygen atoms in total. The summed E-state index contributed by atoms with van der Waals surface area (Å²) < 4.78 is 53.8. The predicted octanol–water partition coefficient (Wildman–Crippen LogP) is 1.41. The molecule has 0 radical (unpaired) electrons. The van der Waals surface area contributed by atoms with Crippen molar-refractivity contribution in [2.45, 2.75) is 243 Å². The zero-order valence-corrected chi connectivity index (χ0v) is 44.9. The van der Waals surface area contributed by atoms with Crippen LogP contribution in [-0.4, -0.2) is 200 Å². The summed E-state index contributed by atoms with van der Waals surface area (Å²) in [5.74, 6) is -1.00. The van der Waals surface area contributed by atoms with Crippen LogP contribution >= 0.6 is 0 Å². The normalized spacial score (nSPS) is 52.5. The first-order valence-corrected chi connectivity index (χ1v) is 27.4. The highest BCUT2D eigenvalue weighted by Gasteiger charge is 2.70. The summed E-state index contributed by atoms with van der Waals surface area (Å²) >= 11 is 0. The number of carboxylic acids is 1. The van der Waals surface area contributed by atoms with Gasteiger partial charge in [-0.2, -0.15) is 0 Å². The number of fused-ring (bicyclic) bond motifs is 7. The predicted molar refractivity (Wildman–Crippen MR) is 259 cm³/mol. The molecule has 0 spiro atoms. The number of hydrogen-bond donors (Lipinski definition) is 10. The average Bonchev–Trinajstić information content (AvgIpc) is 3.37. The number of esters is 1. The molecule has 0 amide bonds. The number of aliphatic hydroxyl groups is 9. The first kappa shape index (κ1) is 57.7. The highest BCUT2D eigenvalue weighted by atomic mass is 16.8. The topological polar surface area (TPSA) is 320 Å². The molecule has 428 valence electrons. The molecule has 21 heteroatoms. The van der Waals surface area contributed by atoms with Gasteiger partial charge < -0.3 is 93.7 Å². The lowest BCUT2D eigenvalue weighted by Gasteiger charge is -2.71. The van der Waals surface area contributed by atoms with Crippen molar-refractivity contribution in [3.8, 4) is 0 Å². The number of allylic oxidation sites excluding steroid dienone is 2. The maximum atomic E-state index is 13.2. The second-order valence-electron chi connectivity index (χ2n) is 26.0. The Kier molecular flexibility index (Phi) is 16.0. The Bertz CT molecular complexity index is 2110. The number of carbonyl (C=O) groups excluding carboxylic acids is 1. The monoisotopic (exact) mass is 1070 g/mol. The van der Waals surface area contributed by atoms with E-state index >= 15 is 0 Å². The molecule has 4 saturated heterocycles. The second-order valence-corrected chi connectivity index (χ2v) is 26.0. The molecule has 0 bridgehead atoms. The summed E-state index contributed by atoms with van der Waals surface area (Å²) in [7, 11) is 0. The zero-order valence-electron chi connectivity index (χ0n) is 44.9. The van der Waals surface area contributed by atoms with Crippen LogP contribution in [0.25, 0.3) is 0 Å². The molecule has 0 unspecified atom stereocenters. The van der Waals surface area contributed by atoms with E-state index in [1.807, 2.05) is 0 Å². The van der Waals surface area contributed by atoms with Crippen LogP contribution in [0.1, 0.15) is 127 Å². The summed E-state index contributed by atoms with van der Waals surface area (Å²) in [6.07, 6.45) is -18.3. The summed E-state index contributed by atoms with van der Waals surface area (Å²) in [5, 5.41) is 109. The summed E-state index contributed by atoms with van der Waals surface area (Å²) in [5.41, 5.74) is -0.0293. The van der Waals surface area contributed by atoms with Crippen molar-refractivity contribution in [3.63, 3.8) is 0 Å². The quantitative estimate of drug-likeness (QED) is 0.0794. The van der Waals surface area contributed by atoms with Crippen LogP contribution in [0.3, 0.4) is 0 Å². The van der Waals surface area contributed by atoms with E-state index in [0.717, 1.165) is 51.9 Å². The van der Waals surface area contributed by atoms with E-state index < -0.39 is 153 Å². The molecule has 8 fully saturated rings. The van der Waals surface area contributed by atoms with E-state index in [4.69, 9.17) is 42.6 Å². The van der Waals surface area contributed by atoms with Crippen molar-refractivity contribution in [2.24, 2.45) is 50.2 Å². The van der Waals surface area contributed by atoms with Crippen molar-refractivity contribution in [3.05, 3.63) is 11.6 Å². The molecule has 0 aromatic heterocycles. The van der Waals surface area contributed by atoms with E-state index in [1.54, 1.807) is 0 Å². The minimum absolute atomic E-state index is 0.0106. The number of aliphatic hydroxyl groups excluding tert-OH is 9. The molecule has 5 aliphatic carbocycles. The van der Waals surface area contributed by atoms with Gasteiger partial charge in [0.15, 0.2) is 31.3 Å². The Hall–Kier alpha value is -2.00. The van der Waals surface area contributed by atoms with Gasteiger partial charge in [-0.15, -0.1) is 0 Å². The van der Waals surface area contributed by atoms with Crippen LogP contribution in [0.4, 0.5) is 0 Å². The number of aliphatic carboxylic acids is 1. The Morgan fingerprint density at radius 2 is 1.25 bits per heavy atom. The zero-order chi connectivity index (χ0) is 54.7. The van der Waals surface area contributed by atoms with Gasteiger partial charge in [-0.05, 0) is 116 Å². The van der Waals surface area contributed by atoms with Crippen molar-refractivity contribution in [2.75, 3.05) is 19.8 Å². The fraction of sp³-hybridized carbons (Fsp3) is 0.926. The van der Waals surface area contributed by atoms with E-state index in [0.29, 0.717) is 25.2 Å². The van der Waals surface area contributed by atoms with Crippen LogP contribution in [-0.2, 0) is 52.2 Å². The van der Waals surface area contributed by atoms with Crippen molar-refractivity contribution >= 4 is 11.9 Å². The molecule has 4 aliphatic heterocycles. The van der Waals surface area contributed by atoms with Gasteiger partial charge in [-0.25, -0.2) is 0 Å². The van der Waals surface area contributed by atoms with E-state index in [1.165, 1.54) is 12.5 Å². The van der Waals surface area contributed by atoms with Gasteiger partial charge in [-0.3, -0.25) is 9.59 Å². The summed E-state index contributed by atoms with van der Waals surface area (Å²) in [4.78, 5) is 25.5. The molecule has 10 N–H and O–H groups in total. The summed E-state index contributed by atoms with van der Waals surface area (Å²) in [6.45, 7) is 17.3. The number of ether oxygens (including phenoxy) is 9. The van der Waals surface area contributed by atoms with Gasteiger partial charge in [0.05, 0.1) is 37.4 Å². The largest absolute Gasteiger partial charge is 0.481 e. The second kappa shape index (κ2) is 20.8. The third-order valence-corrected chi connectivity index (χ3v) is 20.9. The number of rotatable bonds is 11. The van der Waals surface area contributed by atoms with Gasteiger partial charge >= 0.3 is 11.9 Å². The smallest absolute Gasteiger partial charge is 0.310 e. The van der Waals surface area contributed by atoms with E-state index in [2.05, 4.69) is 54.5 Å². The Morgan fingerprint density at radius 1 is 0.640 bits per heavy atom. The fourth-order valence-electron chi connectivity index (χ4n) is 16.3. The molecule has 4 heterocycles. The molecular weight excluding hydrogens is 985 g/mol. The Labute approximate surface area is 439 Å². The highest BCUT2D eigenvalue weighted by Crippen LogP contribution is 2.76. The maximum Gasteiger partial charge on any atom is 0.310 e. The van der Waals surface area contributed by atoms with Gasteiger partial charge in [-0.1, -0.05) is 60.1 Å². The van der Waals surface area contributed by atoms with Gasteiger partial charge in [0.2, 0.25) is 0 Å². The minimum atomic E-state index is -1.93. The van der Waals surface area contributed by atoms with Crippen LogP contribution in [0.5, 0.6) is 0 Å². The molecule has 0 aromatic carbocycles. The average molecular weight is 1070 g/mol. The SMILES string of the molecule is CC(=O)O[C@@H]1[C@@H](O)[C@H](O[C@@H]2[C@@H](O)[C@H](C)O[C@@H](O[C@H]3[C@H](O[C@H]4CC[C@]5(C)[C@H]6CC=C7[C@@H]8CC(C)(C)CC[C@]8(C(=O)O)CC[C@@]7(C)[C@]6(C)CC[C@H]5C4(C)C)OC[C@H](O)[C@@H]3O)[C@@H]2O)O[C@H](CO)[C@H]1O[C@@H]1OC[C@H](O)[C@H](O)[C@H]1O. The Morgan fingerprint density at radius 3 is 1.92 bits per heavy atom. The lowest BCUT2D eigenvalue weighted by molar-refractivity contribution is -0.388. The lowest BCUT2D eigenvalue weighted by atomic mass is 9.33. The third kappa shape index (κ3) is 9.67. The molecular formula is C54H86O21.